The van der Waals surface area contributed by atoms with E-state index in [0.717, 1.165) is 25.1 Å². The minimum atomic E-state index is -0.247. The van der Waals surface area contributed by atoms with Gasteiger partial charge in [0, 0.05) is 33.2 Å². The molecule has 1 amide bonds. The van der Waals surface area contributed by atoms with Crippen LogP contribution in [-0.4, -0.2) is 69.8 Å². The van der Waals surface area contributed by atoms with Gasteiger partial charge >= 0.3 is 0 Å². The van der Waals surface area contributed by atoms with E-state index in [-0.39, 0.29) is 24.3 Å². The Morgan fingerprint density at radius 2 is 1.93 bits per heavy atom. The lowest BCUT2D eigenvalue weighted by Crippen LogP contribution is -2.48. The monoisotopic (exact) mass is 379 g/mol. The Morgan fingerprint density at radius 1 is 1.22 bits per heavy atom. The third kappa shape index (κ3) is 7.15. The minimum Gasteiger partial charge on any atom is -0.379 e. The van der Waals surface area contributed by atoms with Crippen LogP contribution in [-0.2, 0) is 9.53 Å². The largest absolute Gasteiger partial charge is 0.379 e. The van der Waals surface area contributed by atoms with Crippen molar-refractivity contribution in [2.24, 2.45) is 4.99 Å². The second-order valence-electron chi connectivity index (χ2n) is 6.37. The minimum absolute atomic E-state index is 0.0574. The zero-order valence-corrected chi connectivity index (χ0v) is 16.1. The lowest BCUT2D eigenvalue weighted by Gasteiger charge is -2.35. The number of guanidine groups is 1. The van der Waals surface area contributed by atoms with Crippen LogP contribution in [0, 0.1) is 5.82 Å². The summed E-state index contributed by atoms with van der Waals surface area (Å²) in [6.45, 7) is 6.42. The van der Waals surface area contributed by atoms with Crippen molar-refractivity contribution in [1.82, 2.24) is 20.9 Å². The standard InChI is InChI=1S/C19H30FN5O2/c1-3-8-22-18(26)14-24-19(21-2)23-13-17(25-9-11-27-12-10-25)15-4-6-16(20)7-5-15/h4-7,17H,3,8-14H2,1-2H3,(H,22,26)(H2,21,23,24). The molecule has 1 heterocycles. The molecule has 0 spiro atoms. The fourth-order valence-corrected chi connectivity index (χ4v) is 2.94. The summed E-state index contributed by atoms with van der Waals surface area (Å²) in [4.78, 5) is 18.2. The summed E-state index contributed by atoms with van der Waals surface area (Å²) in [5, 5.41) is 9.11. The number of amides is 1. The van der Waals surface area contributed by atoms with Gasteiger partial charge in [0.25, 0.3) is 0 Å². The zero-order valence-electron chi connectivity index (χ0n) is 16.1. The Hall–Kier alpha value is -2.19. The topological polar surface area (TPSA) is 78.0 Å². The molecule has 150 valence electrons. The average Bonchev–Trinajstić information content (AvgIpc) is 2.70. The fraction of sp³-hybridized carbons (Fsp3) is 0.579. The normalized spacial score (nSPS) is 16.6. The lowest BCUT2D eigenvalue weighted by molar-refractivity contribution is -0.120. The summed E-state index contributed by atoms with van der Waals surface area (Å²) >= 11 is 0. The Balaban J connectivity index is 1.95. The molecular weight excluding hydrogens is 349 g/mol. The van der Waals surface area contributed by atoms with Crippen molar-refractivity contribution < 1.29 is 13.9 Å². The van der Waals surface area contributed by atoms with Crippen molar-refractivity contribution in [1.29, 1.82) is 0 Å². The molecule has 8 heteroatoms. The van der Waals surface area contributed by atoms with Gasteiger partial charge in [-0.15, -0.1) is 0 Å². The second-order valence-corrected chi connectivity index (χ2v) is 6.37. The first-order valence-corrected chi connectivity index (χ1v) is 9.42. The Labute approximate surface area is 160 Å². The van der Waals surface area contributed by atoms with Crippen LogP contribution in [0.25, 0.3) is 0 Å². The summed E-state index contributed by atoms with van der Waals surface area (Å²) in [6.07, 6.45) is 0.900. The molecule has 0 aliphatic carbocycles. The first-order chi connectivity index (χ1) is 13.1. The van der Waals surface area contributed by atoms with Crippen molar-refractivity contribution in [3.05, 3.63) is 35.6 Å². The molecule has 0 saturated carbocycles. The number of carbonyl (C=O) groups is 1. The van der Waals surface area contributed by atoms with Gasteiger partial charge in [0.15, 0.2) is 5.96 Å². The van der Waals surface area contributed by atoms with Crippen LogP contribution in [0.2, 0.25) is 0 Å². The molecule has 1 aromatic rings. The molecule has 27 heavy (non-hydrogen) atoms. The molecule has 1 aromatic carbocycles. The highest BCUT2D eigenvalue weighted by Crippen LogP contribution is 2.21. The highest BCUT2D eigenvalue weighted by atomic mass is 19.1. The second kappa shape index (κ2) is 11.5. The molecule has 0 radical (unpaired) electrons. The van der Waals surface area contributed by atoms with E-state index in [1.807, 2.05) is 19.1 Å². The van der Waals surface area contributed by atoms with E-state index in [0.29, 0.717) is 32.3 Å². The Bertz CT molecular complexity index is 603. The van der Waals surface area contributed by atoms with Crippen molar-refractivity contribution in [2.75, 3.05) is 53.0 Å². The highest BCUT2D eigenvalue weighted by molar-refractivity contribution is 5.86. The number of nitrogens with zero attached hydrogens (tertiary/aromatic N) is 2. The van der Waals surface area contributed by atoms with Crippen molar-refractivity contribution >= 4 is 11.9 Å². The summed E-state index contributed by atoms with van der Waals surface area (Å²) in [6, 6.07) is 6.64. The SMILES string of the molecule is CCCNC(=O)CNC(=NC)NCC(c1ccc(F)cc1)N1CCOCC1. The smallest absolute Gasteiger partial charge is 0.239 e. The first-order valence-electron chi connectivity index (χ1n) is 9.42. The number of hydrogen-bond donors (Lipinski definition) is 3. The van der Waals surface area contributed by atoms with Crippen LogP contribution in [0.5, 0.6) is 0 Å². The molecule has 1 saturated heterocycles. The zero-order chi connectivity index (χ0) is 19.5. The van der Waals surface area contributed by atoms with E-state index in [9.17, 15) is 9.18 Å². The van der Waals surface area contributed by atoms with Gasteiger partial charge in [0.1, 0.15) is 5.82 Å². The first kappa shape index (κ1) is 21.1. The van der Waals surface area contributed by atoms with Gasteiger partial charge in [-0.25, -0.2) is 4.39 Å². The van der Waals surface area contributed by atoms with Gasteiger partial charge in [-0.3, -0.25) is 14.7 Å². The maximum Gasteiger partial charge on any atom is 0.239 e. The number of carbonyl (C=O) groups excluding carboxylic acids is 1. The number of morpholine rings is 1. The predicted octanol–water partition coefficient (Wildman–Crippen LogP) is 0.890. The van der Waals surface area contributed by atoms with Crippen LogP contribution >= 0.6 is 0 Å². The molecule has 1 unspecified atom stereocenters. The number of benzene rings is 1. The van der Waals surface area contributed by atoms with E-state index in [2.05, 4.69) is 25.8 Å². The van der Waals surface area contributed by atoms with Crippen LogP contribution < -0.4 is 16.0 Å². The summed E-state index contributed by atoms with van der Waals surface area (Å²) in [7, 11) is 1.67. The molecule has 1 aliphatic heterocycles. The Kier molecular flexibility index (Phi) is 9.00. The molecule has 7 nitrogen and oxygen atoms in total. The van der Waals surface area contributed by atoms with E-state index in [1.165, 1.54) is 12.1 Å². The number of ether oxygens (including phenoxy) is 1. The predicted molar refractivity (Wildman–Crippen MR) is 104 cm³/mol. The van der Waals surface area contributed by atoms with Crippen LogP contribution in [0.1, 0.15) is 24.9 Å². The molecule has 0 aromatic heterocycles. The third-order valence-electron chi connectivity index (χ3n) is 4.42. The van der Waals surface area contributed by atoms with Gasteiger partial charge in [-0.1, -0.05) is 19.1 Å². The molecule has 2 rings (SSSR count). The van der Waals surface area contributed by atoms with Gasteiger partial charge < -0.3 is 20.7 Å². The number of aliphatic imine (C=N–C) groups is 1. The number of nitrogens with one attached hydrogen (secondary N) is 3. The van der Waals surface area contributed by atoms with Gasteiger partial charge in [0.05, 0.1) is 25.8 Å². The van der Waals surface area contributed by atoms with Gasteiger partial charge in [-0.2, -0.15) is 0 Å². The third-order valence-corrected chi connectivity index (χ3v) is 4.42. The quantitative estimate of drug-likeness (QED) is 0.462. The average molecular weight is 379 g/mol. The number of hydrogen-bond acceptors (Lipinski definition) is 4. The van der Waals surface area contributed by atoms with Gasteiger partial charge in [-0.05, 0) is 24.1 Å². The lowest BCUT2D eigenvalue weighted by atomic mass is 10.0. The van der Waals surface area contributed by atoms with E-state index < -0.39 is 0 Å². The van der Waals surface area contributed by atoms with Crippen molar-refractivity contribution in [3.63, 3.8) is 0 Å². The van der Waals surface area contributed by atoms with E-state index >= 15 is 0 Å². The highest BCUT2D eigenvalue weighted by Gasteiger charge is 2.23. The van der Waals surface area contributed by atoms with E-state index in [1.54, 1.807) is 7.05 Å². The molecule has 0 bridgehead atoms. The van der Waals surface area contributed by atoms with Crippen LogP contribution in [0.4, 0.5) is 4.39 Å². The van der Waals surface area contributed by atoms with Crippen molar-refractivity contribution in [2.45, 2.75) is 19.4 Å². The summed E-state index contributed by atoms with van der Waals surface area (Å²) in [5.41, 5.74) is 1.03. The van der Waals surface area contributed by atoms with Gasteiger partial charge in [0.2, 0.25) is 5.91 Å². The summed E-state index contributed by atoms with van der Waals surface area (Å²) < 4.78 is 18.8. The van der Waals surface area contributed by atoms with E-state index in [4.69, 9.17) is 4.74 Å². The molecule has 1 fully saturated rings. The van der Waals surface area contributed by atoms with Crippen molar-refractivity contribution in [3.8, 4) is 0 Å². The maximum absolute atomic E-state index is 13.3. The van der Waals surface area contributed by atoms with Crippen LogP contribution in [0.3, 0.4) is 0 Å². The Morgan fingerprint density at radius 3 is 2.56 bits per heavy atom. The molecule has 3 N–H and O–H groups in total. The number of rotatable bonds is 8. The fourth-order valence-electron chi connectivity index (χ4n) is 2.94. The molecular formula is C19H30FN5O2. The maximum atomic E-state index is 13.3. The summed E-state index contributed by atoms with van der Waals surface area (Å²) in [5.74, 6) is 0.244. The molecule has 1 atom stereocenters. The van der Waals surface area contributed by atoms with Crippen LogP contribution in [0.15, 0.2) is 29.3 Å². The number of halogens is 1. The molecule has 1 aliphatic rings.